The molecule has 1 aromatic carbocycles. The Balaban J connectivity index is 1.49. The van der Waals surface area contributed by atoms with Crippen LogP contribution in [0.5, 0.6) is 0 Å². The van der Waals surface area contributed by atoms with Gasteiger partial charge < -0.3 is 10.1 Å². The van der Waals surface area contributed by atoms with Crippen LogP contribution in [0, 0.1) is 17.8 Å². The minimum Gasteiger partial charge on any atom is -0.452 e. The Kier molecular flexibility index (Phi) is 5.36. The molecule has 2 aliphatic carbocycles. The van der Waals surface area contributed by atoms with Gasteiger partial charge in [-0.15, -0.1) is 0 Å². The Labute approximate surface area is 151 Å². The van der Waals surface area contributed by atoms with Gasteiger partial charge in [-0.1, -0.05) is 35.7 Å². The van der Waals surface area contributed by atoms with Crippen molar-refractivity contribution in [3.05, 3.63) is 33.8 Å². The van der Waals surface area contributed by atoms with Crippen molar-refractivity contribution in [2.24, 2.45) is 17.8 Å². The molecule has 6 heteroatoms. The van der Waals surface area contributed by atoms with Crippen molar-refractivity contribution in [1.29, 1.82) is 0 Å². The number of rotatable bonds is 5. The van der Waals surface area contributed by atoms with Gasteiger partial charge in [0.1, 0.15) is 0 Å². The highest BCUT2D eigenvalue weighted by molar-refractivity contribution is 6.39. The fourth-order valence-corrected chi connectivity index (χ4v) is 4.76. The van der Waals surface area contributed by atoms with Gasteiger partial charge in [-0.2, -0.15) is 0 Å². The lowest BCUT2D eigenvalue weighted by molar-refractivity contribution is -0.125. The molecule has 130 valence electrons. The Morgan fingerprint density at radius 2 is 1.96 bits per heavy atom. The van der Waals surface area contributed by atoms with E-state index in [2.05, 4.69) is 5.32 Å². The topological polar surface area (TPSA) is 55.4 Å². The van der Waals surface area contributed by atoms with Gasteiger partial charge in [0.05, 0.1) is 15.6 Å². The average molecular weight is 370 g/mol. The summed E-state index contributed by atoms with van der Waals surface area (Å²) in [6.07, 6.45) is 5.10. The average Bonchev–Trinajstić information content (AvgIpc) is 3.15. The van der Waals surface area contributed by atoms with E-state index >= 15 is 0 Å². The van der Waals surface area contributed by atoms with E-state index in [0.29, 0.717) is 5.92 Å². The van der Waals surface area contributed by atoms with E-state index < -0.39 is 5.97 Å². The quantitative estimate of drug-likeness (QED) is 0.795. The van der Waals surface area contributed by atoms with Crippen molar-refractivity contribution in [1.82, 2.24) is 5.32 Å². The number of hydrogen-bond acceptors (Lipinski definition) is 3. The number of fused-ring (bicyclic) bond motifs is 2. The number of amides is 1. The summed E-state index contributed by atoms with van der Waals surface area (Å²) in [6.45, 7) is 1.71. The van der Waals surface area contributed by atoms with Gasteiger partial charge >= 0.3 is 5.97 Å². The molecule has 2 aliphatic rings. The molecule has 0 heterocycles. The summed E-state index contributed by atoms with van der Waals surface area (Å²) in [4.78, 5) is 24.1. The smallest absolute Gasteiger partial charge is 0.341 e. The zero-order valence-electron chi connectivity index (χ0n) is 13.6. The van der Waals surface area contributed by atoms with Gasteiger partial charge in [0.25, 0.3) is 5.91 Å². The minimum absolute atomic E-state index is 0.0924. The molecule has 0 aliphatic heterocycles. The van der Waals surface area contributed by atoms with Gasteiger partial charge in [0, 0.05) is 6.04 Å². The molecule has 2 saturated carbocycles. The van der Waals surface area contributed by atoms with Crippen molar-refractivity contribution in [2.75, 3.05) is 6.61 Å². The highest BCUT2D eigenvalue weighted by atomic mass is 35.5. The fourth-order valence-electron chi connectivity index (χ4n) is 4.21. The molecule has 0 spiro atoms. The van der Waals surface area contributed by atoms with Crippen LogP contribution in [-0.4, -0.2) is 24.5 Å². The van der Waals surface area contributed by atoms with E-state index in [-0.39, 0.29) is 34.2 Å². The van der Waals surface area contributed by atoms with Crippen molar-refractivity contribution < 1.29 is 14.3 Å². The lowest BCUT2D eigenvalue weighted by Gasteiger charge is -2.28. The molecule has 2 fully saturated rings. The summed E-state index contributed by atoms with van der Waals surface area (Å²) in [6, 6.07) is 4.86. The van der Waals surface area contributed by atoms with Gasteiger partial charge in [-0.25, -0.2) is 4.79 Å². The van der Waals surface area contributed by atoms with Gasteiger partial charge in [-0.05, 0) is 56.1 Å². The number of nitrogens with one attached hydrogen (secondary N) is 1. The summed E-state index contributed by atoms with van der Waals surface area (Å²) in [5.74, 6) is 1.13. The third-order valence-electron chi connectivity index (χ3n) is 5.32. The fraction of sp³-hybridized carbons (Fsp3) is 0.556. The van der Waals surface area contributed by atoms with E-state index in [1.807, 2.05) is 6.92 Å². The maximum atomic E-state index is 12.1. The number of carbonyl (C=O) groups is 2. The highest BCUT2D eigenvalue weighted by Gasteiger charge is 2.42. The van der Waals surface area contributed by atoms with Crippen LogP contribution in [0.15, 0.2) is 18.2 Å². The molecule has 4 unspecified atom stereocenters. The van der Waals surface area contributed by atoms with Crippen LogP contribution in [0.2, 0.25) is 10.0 Å². The van der Waals surface area contributed by atoms with Crippen LogP contribution in [0.25, 0.3) is 0 Å². The maximum Gasteiger partial charge on any atom is 0.341 e. The monoisotopic (exact) mass is 369 g/mol. The molecule has 4 atom stereocenters. The molecule has 1 aromatic rings. The number of esters is 1. The molecule has 0 radical (unpaired) electrons. The first-order valence-corrected chi connectivity index (χ1v) is 9.11. The van der Waals surface area contributed by atoms with E-state index in [9.17, 15) is 9.59 Å². The van der Waals surface area contributed by atoms with Crippen molar-refractivity contribution in [2.45, 2.75) is 38.6 Å². The summed E-state index contributed by atoms with van der Waals surface area (Å²) >= 11 is 11.9. The number of halogens is 2. The predicted octanol–water partition coefficient (Wildman–Crippen LogP) is 4.09. The Morgan fingerprint density at radius 1 is 1.25 bits per heavy atom. The number of carbonyl (C=O) groups excluding carboxylic acids is 2. The largest absolute Gasteiger partial charge is 0.452 e. The zero-order valence-corrected chi connectivity index (χ0v) is 15.1. The first-order valence-electron chi connectivity index (χ1n) is 8.36. The molecule has 1 amide bonds. The molecular formula is C18H21Cl2NO3. The van der Waals surface area contributed by atoms with E-state index in [1.54, 1.807) is 18.2 Å². The molecule has 4 nitrogen and oxygen atoms in total. The van der Waals surface area contributed by atoms with Crippen molar-refractivity contribution in [3.8, 4) is 0 Å². The van der Waals surface area contributed by atoms with E-state index in [1.165, 1.54) is 25.7 Å². The molecule has 0 aromatic heterocycles. The lowest BCUT2D eigenvalue weighted by atomic mass is 9.84. The molecule has 2 bridgehead atoms. The minimum atomic E-state index is -0.687. The summed E-state index contributed by atoms with van der Waals surface area (Å²) < 4.78 is 5.06. The molecule has 1 N–H and O–H groups in total. The Morgan fingerprint density at radius 3 is 2.54 bits per heavy atom. The number of hydrogen-bond donors (Lipinski definition) is 1. The van der Waals surface area contributed by atoms with Crippen LogP contribution in [0.1, 0.15) is 43.0 Å². The van der Waals surface area contributed by atoms with Gasteiger partial charge in [0.2, 0.25) is 0 Å². The molecule has 0 saturated heterocycles. The van der Waals surface area contributed by atoms with Crippen LogP contribution >= 0.6 is 23.2 Å². The third kappa shape index (κ3) is 3.70. The molecular weight excluding hydrogens is 349 g/mol. The van der Waals surface area contributed by atoms with E-state index in [4.69, 9.17) is 27.9 Å². The first kappa shape index (κ1) is 17.6. The molecule has 24 heavy (non-hydrogen) atoms. The summed E-state index contributed by atoms with van der Waals surface area (Å²) in [5.41, 5.74) is 0.0924. The number of ether oxygens (including phenoxy) is 1. The molecule has 3 rings (SSSR count). The maximum absolute atomic E-state index is 12.1. The lowest BCUT2D eigenvalue weighted by Crippen LogP contribution is -2.42. The second-order valence-electron chi connectivity index (χ2n) is 6.87. The predicted molar refractivity (Wildman–Crippen MR) is 93.3 cm³/mol. The highest BCUT2D eigenvalue weighted by Crippen LogP contribution is 2.49. The van der Waals surface area contributed by atoms with Crippen LogP contribution in [-0.2, 0) is 9.53 Å². The first-order chi connectivity index (χ1) is 11.5. The third-order valence-corrected chi connectivity index (χ3v) is 5.95. The number of benzene rings is 1. The Bertz CT molecular complexity index is 629. The van der Waals surface area contributed by atoms with Gasteiger partial charge in [-0.3, -0.25) is 4.79 Å². The van der Waals surface area contributed by atoms with Crippen molar-refractivity contribution >= 4 is 35.1 Å². The van der Waals surface area contributed by atoms with Crippen molar-refractivity contribution in [3.63, 3.8) is 0 Å². The van der Waals surface area contributed by atoms with Crippen LogP contribution < -0.4 is 5.32 Å². The van der Waals surface area contributed by atoms with Crippen LogP contribution in [0.3, 0.4) is 0 Å². The SMILES string of the molecule is CC(NC(=O)COC(=O)c1c(Cl)cccc1Cl)C1CC2CCC1C2. The van der Waals surface area contributed by atoms with Gasteiger partial charge in [0.15, 0.2) is 6.61 Å². The Hall–Kier alpha value is -1.26. The second-order valence-corrected chi connectivity index (χ2v) is 7.68. The summed E-state index contributed by atoms with van der Waals surface area (Å²) in [7, 11) is 0. The normalized spacial score (nSPS) is 26.2. The summed E-state index contributed by atoms with van der Waals surface area (Å²) in [5, 5.41) is 3.38. The standard InChI is InChI=1S/C18H21Cl2NO3/c1-10(13-8-11-5-6-12(13)7-11)21-16(22)9-24-18(23)17-14(19)3-2-4-15(17)20/h2-4,10-13H,5-9H2,1H3,(H,21,22). The van der Waals surface area contributed by atoms with Crippen LogP contribution in [0.4, 0.5) is 0 Å². The zero-order chi connectivity index (χ0) is 17.3. The van der Waals surface area contributed by atoms with E-state index in [0.717, 1.165) is 11.8 Å². The second kappa shape index (κ2) is 7.32.